The van der Waals surface area contributed by atoms with E-state index >= 15 is 0 Å². The van der Waals surface area contributed by atoms with Crippen molar-refractivity contribution >= 4 is 29.1 Å². The third kappa shape index (κ3) is 2.87. The first-order valence-electron chi connectivity index (χ1n) is 4.49. The summed E-state index contributed by atoms with van der Waals surface area (Å²) in [7, 11) is 0. The summed E-state index contributed by atoms with van der Waals surface area (Å²) in [6.07, 6.45) is 1.55. The lowest BCUT2D eigenvalue weighted by Crippen LogP contribution is -1.87. The minimum Gasteiger partial charge on any atom is -0.399 e. The number of nitrogen functional groups attached to an aromatic ring is 1. The monoisotopic (exact) mass is 254 g/mol. The molecule has 1 heterocycles. The zero-order valence-electron chi connectivity index (χ0n) is 8.15. The summed E-state index contributed by atoms with van der Waals surface area (Å²) in [5, 5.41) is 1.32. The predicted molar refractivity (Wildman–Crippen MR) is 64.2 cm³/mol. The molecule has 0 aliphatic carbocycles. The highest BCUT2D eigenvalue weighted by molar-refractivity contribution is 7.99. The molecular formula is C11H8ClFN2S. The number of halogens is 2. The molecule has 2 nitrogen and oxygen atoms in total. The molecule has 2 N–H and O–H groups in total. The van der Waals surface area contributed by atoms with Gasteiger partial charge in [0.2, 0.25) is 0 Å². The first kappa shape index (κ1) is 11.2. The number of hydrogen-bond donors (Lipinski definition) is 1. The highest BCUT2D eigenvalue weighted by atomic mass is 35.5. The van der Waals surface area contributed by atoms with Crippen molar-refractivity contribution in [1.82, 2.24) is 4.98 Å². The lowest BCUT2D eigenvalue weighted by atomic mass is 10.3. The van der Waals surface area contributed by atoms with Crippen molar-refractivity contribution in [2.45, 2.75) is 9.92 Å². The summed E-state index contributed by atoms with van der Waals surface area (Å²) in [6.45, 7) is 0. The SMILES string of the molecule is Nc1cc(F)cc(Sc2ccc(Cl)cn2)c1. The summed E-state index contributed by atoms with van der Waals surface area (Å²) in [5.74, 6) is -0.350. The first-order valence-corrected chi connectivity index (χ1v) is 5.68. The van der Waals surface area contributed by atoms with E-state index in [9.17, 15) is 4.39 Å². The maximum atomic E-state index is 13.1. The van der Waals surface area contributed by atoms with Gasteiger partial charge in [-0.1, -0.05) is 23.4 Å². The van der Waals surface area contributed by atoms with E-state index in [0.29, 0.717) is 15.6 Å². The Labute approximate surface area is 102 Å². The van der Waals surface area contributed by atoms with Crippen molar-refractivity contribution in [3.05, 3.63) is 47.4 Å². The molecular weight excluding hydrogens is 247 g/mol. The number of nitrogens with two attached hydrogens (primary N) is 1. The van der Waals surface area contributed by atoms with Crippen LogP contribution in [0.3, 0.4) is 0 Å². The van der Waals surface area contributed by atoms with E-state index in [4.69, 9.17) is 17.3 Å². The van der Waals surface area contributed by atoms with E-state index < -0.39 is 0 Å². The molecule has 5 heteroatoms. The van der Waals surface area contributed by atoms with E-state index in [2.05, 4.69) is 4.98 Å². The normalized spacial score (nSPS) is 10.4. The molecule has 16 heavy (non-hydrogen) atoms. The Bertz CT molecular complexity index is 482. The van der Waals surface area contributed by atoms with Gasteiger partial charge in [-0.05, 0) is 30.3 Å². The molecule has 2 aromatic rings. The van der Waals surface area contributed by atoms with Crippen LogP contribution in [0.15, 0.2) is 46.5 Å². The summed E-state index contributed by atoms with van der Waals surface area (Å²) in [6, 6.07) is 7.90. The van der Waals surface area contributed by atoms with E-state index in [1.165, 1.54) is 23.9 Å². The largest absolute Gasteiger partial charge is 0.399 e. The van der Waals surface area contributed by atoms with Gasteiger partial charge in [-0.2, -0.15) is 0 Å². The van der Waals surface area contributed by atoms with Crippen molar-refractivity contribution in [1.29, 1.82) is 0 Å². The minimum atomic E-state index is -0.350. The van der Waals surface area contributed by atoms with Gasteiger partial charge in [0, 0.05) is 16.8 Å². The second kappa shape index (κ2) is 4.72. The molecule has 82 valence electrons. The molecule has 1 aromatic carbocycles. The highest BCUT2D eigenvalue weighted by Crippen LogP contribution is 2.28. The maximum absolute atomic E-state index is 13.1. The average Bonchev–Trinajstić information content (AvgIpc) is 2.20. The smallest absolute Gasteiger partial charge is 0.126 e. The summed E-state index contributed by atoms with van der Waals surface area (Å²) < 4.78 is 13.1. The fourth-order valence-corrected chi connectivity index (χ4v) is 2.15. The standard InChI is InChI=1S/C11H8ClFN2S/c12-7-1-2-11(15-6-7)16-10-4-8(13)3-9(14)5-10/h1-6H,14H2. The summed E-state index contributed by atoms with van der Waals surface area (Å²) >= 11 is 7.05. The number of rotatable bonds is 2. The molecule has 0 saturated carbocycles. The van der Waals surface area contributed by atoms with Crippen LogP contribution in [0.4, 0.5) is 10.1 Å². The Morgan fingerprint density at radius 1 is 1.25 bits per heavy atom. The van der Waals surface area contributed by atoms with Crippen molar-refractivity contribution < 1.29 is 4.39 Å². The number of benzene rings is 1. The number of anilines is 1. The molecule has 1 aromatic heterocycles. The van der Waals surface area contributed by atoms with Gasteiger partial charge in [-0.25, -0.2) is 9.37 Å². The third-order valence-electron chi connectivity index (χ3n) is 1.82. The van der Waals surface area contributed by atoms with Gasteiger partial charge in [0.1, 0.15) is 10.8 Å². The number of hydrogen-bond acceptors (Lipinski definition) is 3. The van der Waals surface area contributed by atoms with E-state index in [1.807, 2.05) is 0 Å². The lowest BCUT2D eigenvalue weighted by molar-refractivity contribution is 0.625. The Hall–Kier alpha value is -1.26. The summed E-state index contributed by atoms with van der Waals surface area (Å²) in [5.41, 5.74) is 5.94. The third-order valence-corrected chi connectivity index (χ3v) is 2.96. The predicted octanol–water partition coefficient (Wildman–Crippen LogP) is 3.61. The topological polar surface area (TPSA) is 38.9 Å². The van der Waals surface area contributed by atoms with Crippen molar-refractivity contribution in [3.8, 4) is 0 Å². The van der Waals surface area contributed by atoms with E-state index in [-0.39, 0.29) is 5.82 Å². The highest BCUT2D eigenvalue weighted by Gasteiger charge is 2.02. The second-order valence-corrected chi connectivity index (χ2v) is 4.67. The molecule has 0 aliphatic heterocycles. The van der Waals surface area contributed by atoms with Gasteiger partial charge >= 0.3 is 0 Å². The van der Waals surface area contributed by atoms with Crippen LogP contribution in [0, 0.1) is 5.82 Å². The van der Waals surface area contributed by atoms with Crippen molar-refractivity contribution in [2.24, 2.45) is 0 Å². The van der Waals surface area contributed by atoms with Gasteiger partial charge in [-0.3, -0.25) is 0 Å². The van der Waals surface area contributed by atoms with Crippen LogP contribution in [-0.2, 0) is 0 Å². The lowest BCUT2D eigenvalue weighted by Gasteiger charge is -2.02. The Balaban J connectivity index is 2.23. The fourth-order valence-electron chi connectivity index (χ4n) is 1.19. The molecule has 0 fully saturated rings. The zero-order valence-corrected chi connectivity index (χ0v) is 9.73. The van der Waals surface area contributed by atoms with Crippen LogP contribution in [0.1, 0.15) is 0 Å². The zero-order chi connectivity index (χ0) is 11.5. The van der Waals surface area contributed by atoms with Crippen LogP contribution >= 0.6 is 23.4 Å². The van der Waals surface area contributed by atoms with E-state index in [1.54, 1.807) is 24.4 Å². The molecule has 0 radical (unpaired) electrons. The van der Waals surface area contributed by atoms with Gasteiger partial charge < -0.3 is 5.73 Å². The van der Waals surface area contributed by atoms with Gasteiger partial charge in [0.25, 0.3) is 0 Å². The molecule has 0 saturated heterocycles. The number of pyridine rings is 1. The number of aromatic nitrogens is 1. The first-order chi connectivity index (χ1) is 7.63. The van der Waals surface area contributed by atoms with Crippen LogP contribution < -0.4 is 5.73 Å². The van der Waals surface area contributed by atoms with Gasteiger partial charge in [0.15, 0.2) is 0 Å². The minimum absolute atomic E-state index is 0.350. The second-order valence-electron chi connectivity index (χ2n) is 3.14. The Kier molecular flexibility index (Phi) is 3.31. The van der Waals surface area contributed by atoms with Crippen LogP contribution in [0.25, 0.3) is 0 Å². The quantitative estimate of drug-likeness (QED) is 0.832. The van der Waals surface area contributed by atoms with Crippen LogP contribution in [0.2, 0.25) is 5.02 Å². The molecule has 0 bridgehead atoms. The van der Waals surface area contributed by atoms with Crippen molar-refractivity contribution in [3.63, 3.8) is 0 Å². The molecule has 0 aliphatic rings. The van der Waals surface area contributed by atoms with Gasteiger partial charge in [0.05, 0.1) is 5.02 Å². The van der Waals surface area contributed by atoms with Crippen molar-refractivity contribution in [2.75, 3.05) is 5.73 Å². The van der Waals surface area contributed by atoms with Crippen LogP contribution in [-0.4, -0.2) is 4.98 Å². The Morgan fingerprint density at radius 3 is 2.69 bits per heavy atom. The Morgan fingerprint density at radius 2 is 2.06 bits per heavy atom. The van der Waals surface area contributed by atoms with Crippen LogP contribution in [0.5, 0.6) is 0 Å². The van der Waals surface area contributed by atoms with Gasteiger partial charge in [-0.15, -0.1) is 0 Å². The summed E-state index contributed by atoms with van der Waals surface area (Å²) in [4.78, 5) is 4.82. The molecule has 0 spiro atoms. The maximum Gasteiger partial charge on any atom is 0.126 e. The number of nitrogens with zero attached hydrogens (tertiary/aromatic N) is 1. The average molecular weight is 255 g/mol. The molecule has 0 amide bonds. The molecule has 0 unspecified atom stereocenters. The molecule has 2 rings (SSSR count). The fraction of sp³-hybridized carbons (Fsp3) is 0. The van der Waals surface area contributed by atoms with E-state index in [0.717, 1.165) is 5.03 Å². The molecule has 0 atom stereocenters.